The smallest absolute Gasteiger partial charge is 0.251 e. The van der Waals surface area contributed by atoms with Gasteiger partial charge in [-0.2, -0.15) is 0 Å². The standard InChI is InChI=1S/C15H20N2O3/c1-10(16)14(18)17-11-5-6-12-13(9-11)20-15(19-12)7-3-2-4-8-15/h5-6,9-10H,2-4,7-8,16H2,1H3,(H,17,18). The molecule has 1 unspecified atom stereocenters. The number of carbonyl (C=O) groups excluding carboxylic acids is 1. The Morgan fingerprint density at radius 2 is 1.95 bits per heavy atom. The summed E-state index contributed by atoms with van der Waals surface area (Å²) in [6, 6.07) is 4.92. The maximum atomic E-state index is 11.6. The van der Waals surface area contributed by atoms with Gasteiger partial charge in [-0.05, 0) is 31.9 Å². The number of nitrogens with two attached hydrogens (primary N) is 1. The third kappa shape index (κ3) is 2.45. The molecule has 1 aliphatic heterocycles. The van der Waals surface area contributed by atoms with Crippen LogP contribution < -0.4 is 20.5 Å². The first kappa shape index (κ1) is 13.2. The van der Waals surface area contributed by atoms with Crippen LogP contribution in [0.3, 0.4) is 0 Å². The summed E-state index contributed by atoms with van der Waals surface area (Å²) in [7, 11) is 0. The number of amides is 1. The van der Waals surface area contributed by atoms with Crippen molar-refractivity contribution in [1.82, 2.24) is 0 Å². The van der Waals surface area contributed by atoms with E-state index in [0.29, 0.717) is 11.4 Å². The Labute approximate surface area is 118 Å². The number of carbonyl (C=O) groups is 1. The van der Waals surface area contributed by atoms with Gasteiger partial charge in [-0.1, -0.05) is 6.42 Å². The minimum atomic E-state index is -0.537. The molecule has 20 heavy (non-hydrogen) atoms. The first-order valence-electron chi connectivity index (χ1n) is 7.17. The summed E-state index contributed by atoms with van der Waals surface area (Å²) < 4.78 is 12.0. The first-order valence-corrected chi connectivity index (χ1v) is 7.17. The van der Waals surface area contributed by atoms with Gasteiger partial charge in [-0.15, -0.1) is 0 Å². The maximum Gasteiger partial charge on any atom is 0.251 e. The van der Waals surface area contributed by atoms with Gasteiger partial charge in [0.15, 0.2) is 11.5 Å². The summed E-state index contributed by atoms with van der Waals surface area (Å²) in [6.07, 6.45) is 5.33. The lowest BCUT2D eigenvalue weighted by Gasteiger charge is -2.31. The van der Waals surface area contributed by atoms with Gasteiger partial charge in [0.25, 0.3) is 5.79 Å². The minimum Gasteiger partial charge on any atom is -0.448 e. The summed E-state index contributed by atoms with van der Waals surface area (Å²) in [4.78, 5) is 11.6. The Morgan fingerprint density at radius 1 is 1.25 bits per heavy atom. The van der Waals surface area contributed by atoms with Crippen LogP contribution in [0.2, 0.25) is 0 Å². The Bertz CT molecular complexity index is 522. The number of ether oxygens (including phenoxy) is 2. The average Bonchev–Trinajstić information content (AvgIpc) is 2.76. The Hall–Kier alpha value is -1.75. The molecule has 1 saturated carbocycles. The Morgan fingerprint density at radius 3 is 2.65 bits per heavy atom. The number of anilines is 1. The normalized spacial score (nSPS) is 20.7. The van der Waals surface area contributed by atoms with E-state index in [0.717, 1.165) is 31.4 Å². The van der Waals surface area contributed by atoms with Gasteiger partial charge in [0.05, 0.1) is 6.04 Å². The number of benzene rings is 1. The van der Waals surface area contributed by atoms with Crippen molar-refractivity contribution in [1.29, 1.82) is 0 Å². The third-order valence-corrected chi connectivity index (χ3v) is 3.83. The largest absolute Gasteiger partial charge is 0.448 e. The molecule has 3 N–H and O–H groups in total. The minimum absolute atomic E-state index is 0.212. The van der Waals surface area contributed by atoms with E-state index in [4.69, 9.17) is 15.2 Å². The molecule has 1 atom stereocenters. The van der Waals surface area contributed by atoms with Crippen molar-refractivity contribution < 1.29 is 14.3 Å². The van der Waals surface area contributed by atoms with Gasteiger partial charge in [-0.25, -0.2) is 0 Å². The van der Waals surface area contributed by atoms with E-state index in [-0.39, 0.29) is 5.91 Å². The number of rotatable bonds is 2. The van der Waals surface area contributed by atoms with Crippen molar-refractivity contribution >= 4 is 11.6 Å². The fourth-order valence-electron chi connectivity index (χ4n) is 2.72. The molecule has 3 rings (SSSR count). The highest BCUT2D eigenvalue weighted by Crippen LogP contribution is 2.46. The highest BCUT2D eigenvalue weighted by molar-refractivity contribution is 5.94. The SMILES string of the molecule is CC(N)C(=O)Nc1ccc2c(c1)OC1(CCCCC1)O2. The fraction of sp³-hybridized carbons (Fsp3) is 0.533. The summed E-state index contributed by atoms with van der Waals surface area (Å²) in [5.74, 6) is 0.765. The maximum absolute atomic E-state index is 11.6. The molecule has 0 bridgehead atoms. The van der Waals surface area contributed by atoms with E-state index in [1.54, 1.807) is 13.0 Å². The highest BCUT2D eigenvalue weighted by atomic mass is 16.7. The molecular weight excluding hydrogens is 256 g/mol. The van der Waals surface area contributed by atoms with Crippen LogP contribution >= 0.6 is 0 Å². The molecule has 1 fully saturated rings. The molecule has 0 saturated heterocycles. The highest BCUT2D eigenvalue weighted by Gasteiger charge is 2.42. The zero-order chi connectivity index (χ0) is 14.2. The summed E-state index contributed by atoms with van der Waals surface area (Å²) >= 11 is 0. The first-order chi connectivity index (χ1) is 9.58. The second-order valence-corrected chi connectivity index (χ2v) is 5.61. The van der Waals surface area contributed by atoms with Gasteiger partial charge in [0.2, 0.25) is 5.91 Å². The monoisotopic (exact) mass is 276 g/mol. The molecule has 1 aromatic rings. The lowest BCUT2D eigenvalue weighted by atomic mass is 9.94. The summed E-state index contributed by atoms with van der Waals surface area (Å²) in [5.41, 5.74) is 6.22. The van der Waals surface area contributed by atoms with Crippen molar-refractivity contribution in [2.75, 3.05) is 5.32 Å². The van der Waals surface area contributed by atoms with Crippen molar-refractivity contribution in [2.24, 2.45) is 5.73 Å². The predicted molar refractivity (Wildman–Crippen MR) is 75.8 cm³/mol. The third-order valence-electron chi connectivity index (χ3n) is 3.83. The van der Waals surface area contributed by atoms with Gasteiger partial charge in [0, 0.05) is 24.6 Å². The summed E-state index contributed by atoms with van der Waals surface area (Å²) in [6.45, 7) is 1.65. The lowest BCUT2D eigenvalue weighted by molar-refractivity contribution is -0.117. The van der Waals surface area contributed by atoms with Gasteiger partial charge < -0.3 is 20.5 Å². The van der Waals surface area contributed by atoms with Crippen molar-refractivity contribution in [3.8, 4) is 11.5 Å². The van der Waals surface area contributed by atoms with Crippen LogP contribution in [-0.4, -0.2) is 17.7 Å². The van der Waals surface area contributed by atoms with E-state index in [1.807, 2.05) is 12.1 Å². The topological polar surface area (TPSA) is 73.6 Å². The molecule has 5 nitrogen and oxygen atoms in total. The second-order valence-electron chi connectivity index (χ2n) is 5.61. The molecule has 1 aliphatic carbocycles. The van der Waals surface area contributed by atoms with Gasteiger partial charge in [-0.3, -0.25) is 4.79 Å². The van der Waals surface area contributed by atoms with Crippen LogP contribution in [0.4, 0.5) is 5.69 Å². The van der Waals surface area contributed by atoms with Crippen LogP contribution in [0.1, 0.15) is 39.0 Å². The van der Waals surface area contributed by atoms with E-state index in [1.165, 1.54) is 6.42 Å². The molecule has 1 aromatic carbocycles. The van der Waals surface area contributed by atoms with Crippen molar-refractivity contribution in [3.05, 3.63) is 18.2 Å². The average molecular weight is 276 g/mol. The zero-order valence-corrected chi connectivity index (χ0v) is 11.6. The summed E-state index contributed by atoms with van der Waals surface area (Å²) in [5, 5.41) is 2.76. The van der Waals surface area contributed by atoms with Crippen LogP contribution in [0.25, 0.3) is 0 Å². The van der Waals surface area contributed by atoms with Crippen molar-refractivity contribution in [3.63, 3.8) is 0 Å². The van der Waals surface area contributed by atoms with Crippen LogP contribution in [0.5, 0.6) is 11.5 Å². The van der Waals surface area contributed by atoms with Gasteiger partial charge >= 0.3 is 0 Å². The molecule has 2 aliphatic rings. The number of fused-ring (bicyclic) bond motifs is 1. The number of hydrogen-bond acceptors (Lipinski definition) is 4. The van der Waals surface area contributed by atoms with E-state index in [2.05, 4.69) is 5.32 Å². The molecule has 0 aromatic heterocycles. The quantitative estimate of drug-likeness (QED) is 0.870. The molecule has 5 heteroatoms. The molecule has 1 spiro atoms. The molecular formula is C15H20N2O3. The molecule has 0 radical (unpaired) electrons. The number of hydrogen-bond donors (Lipinski definition) is 2. The van der Waals surface area contributed by atoms with E-state index >= 15 is 0 Å². The molecule has 1 heterocycles. The van der Waals surface area contributed by atoms with Crippen LogP contribution in [-0.2, 0) is 4.79 Å². The zero-order valence-electron chi connectivity index (χ0n) is 11.6. The lowest BCUT2D eigenvalue weighted by Crippen LogP contribution is -2.40. The van der Waals surface area contributed by atoms with E-state index in [9.17, 15) is 4.79 Å². The predicted octanol–water partition coefficient (Wildman–Crippen LogP) is 2.40. The molecule has 108 valence electrons. The van der Waals surface area contributed by atoms with E-state index < -0.39 is 11.8 Å². The second kappa shape index (κ2) is 4.98. The fourth-order valence-corrected chi connectivity index (χ4v) is 2.72. The Kier molecular flexibility index (Phi) is 3.30. The van der Waals surface area contributed by atoms with Crippen LogP contribution in [0.15, 0.2) is 18.2 Å². The molecule has 1 amide bonds. The van der Waals surface area contributed by atoms with Gasteiger partial charge in [0.1, 0.15) is 0 Å². The Balaban J connectivity index is 1.76. The van der Waals surface area contributed by atoms with Crippen LogP contribution in [0, 0.1) is 0 Å². The van der Waals surface area contributed by atoms with Crippen molar-refractivity contribution in [2.45, 2.75) is 50.9 Å². The number of nitrogens with one attached hydrogen (secondary N) is 1.